The van der Waals surface area contributed by atoms with Gasteiger partial charge in [-0.2, -0.15) is 0 Å². The molecule has 5 heteroatoms. The van der Waals surface area contributed by atoms with Crippen molar-refractivity contribution in [2.75, 3.05) is 40.4 Å². The molecule has 0 aromatic heterocycles. The van der Waals surface area contributed by atoms with Crippen molar-refractivity contribution in [3.8, 4) is 0 Å². The molecule has 1 amide bonds. The van der Waals surface area contributed by atoms with Gasteiger partial charge in [0.05, 0.1) is 25.9 Å². The SMILES string of the molecule is CC1CC=CCC1COCC(O)CNCC(=O)N(C)C. The number of nitrogens with one attached hydrogen (secondary N) is 1. The zero-order valence-electron chi connectivity index (χ0n) is 12.8. The Morgan fingerprint density at radius 2 is 2.15 bits per heavy atom. The number of rotatable bonds is 8. The molecule has 3 atom stereocenters. The van der Waals surface area contributed by atoms with E-state index in [1.807, 2.05) is 0 Å². The Balaban J connectivity index is 2.06. The number of hydrogen-bond donors (Lipinski definition) is 2. The molecule has 0 aromatic carbocycles. The van der Waals surface area contributed by atoms with E-state index < -0.39 is 6.10 Å². The van der Waals surface area contributed by atoms with Crippen molar-refractivity contribution in [1.82, 2.24) is 10.2 Å². The molecule has 5 nitrogen and oxygen atoms in total. The molecule has 0 heterocycles. The molecular weight excluding hydrogens is 256 g/mol. The fourth-order valence-corrected chi connectivity index (χ4v) is 2.16. The van der Waals surface area contributed by atoms with Crippen LogP contribution in [0.2, 0.25) is 0 Å². The lowest BCUT2D eigenvalue weighted by Gasteiger charge is -2.25. The van der Waals surface area contributed by atoms with Gasteiger partial charge in [0.2, 0.25) is 5.91 Å². The maximum atomic E-state index is 11.3. The number of carbonyl (C=O) groups is 1. The van der Waals surface area contributed by atoms with Crippen LogP contribution < -0.4 is 5.32 Å². The van der Waals surface area contributed by atoms with Gasteiger partial charge in [0.15, 0.2) is 0 Å². The number of ether oxygens (including phenoxy) is 1. The number of aliphatic hydroxyl groups excluding tert-OH is 1. The standard InChI is InChI=1S/C15H28N2O3/c1-12-6-4-5-7-13(12)10-20-11-14(18)8-16-9-15(19)17(2)3/h4-5,12-14,16,18H,6-11H2,1-3H3. The minimum Gasteiger partial charge on any atom is -0.389 e. The average molecular weight is 284 g/mol. The number of aliphatic hydroxyl groups is 1. The maximum absolute atomic E-state index is 11.3. The van der Waals surface area contributed by atoms with E-state index in [-0.39, 0.29) is 12.5 Å². The largest absolute Gasteiger partial charge is 0.389 e. The summed E-state index contributed by atoms with van der Waals surface area (Å²) in [5.74, 6) is 1.20. The summed E-state index contributed by atoms with van der Waals surface area (Å²) in [6, 6.07) is 0. The van der Waals surface area contributed by atoms with Crippen molar-refractivity contribution < 1.29 is 14.6 Å². The minimum absolute atomic E-state index is 0.000867. The molecule has 0 saturated carbocycles. The lowest BCUT2D eigenvalue weighted by Crippen LogP contribution is -2.38. The van der Waals surface area contributed by atoms with Gasteiger partial charge in [0, 0.05) is 20.6 Å². The summed E-state index contributed by atoms with van der Waals surface area (Å²) in [5.41, 5.74) is 0. The van der Waals surface area contributed by atoms with Gasteiger partial charge in [-0.15, -0.1) is 0 Å². The molecule has 0 saturated heterocycles. The Kier molecular flexibility index (Phi) is 7.80. The molecule has 0 radical (unpaired) electrons. The van der Waals surface area contributed by atoms with E-state index in [1.54, 1.807) is 14.1 Å². The van der Waals surface area contributed by atoms with Crippen LogP contribution in [0.4, 0.5) is 0 Å². The third-order valence-corrected chi connectivity index (χ3v) is 3.72. The number of nitrogens with zero attached hydrogens (tertiary/aromatic N) is 1. The van der Waals surface area contributed by atoms with E-state index in [2.05, 4.69) is 24.4 Å². The van der Waals surface area contributed by atoms with Gasteiger partial charge in [-0.05, 0) is 24.7 Å². The highest BCUT2D eigenvalue weighted by molar-refractivity contribution is 5.77. The predicted molar refractivity (Wildman–Crippen MR) is 79.4 cm³/mol. The van der Waals surface area contributed by atoms with Crippen molar-refractivity contribution in [2.45, 2.75) is 25.9 Å². The minimum atomic E-state index is -0.570. The number of amides is 1. The smallest absolute Gasteiger partial charge is 0.236 e. The average Bonchev–Trinajstić information content (AvgIpc) is 2.40. The van der Waals surface area contributed by atoms with Crippen LogP contribution in [0.5, 0.6) is 0 Å². The highest BCUT2D eigenvalue weighted by atomic mass is 16.5. The third-order valence-electron chi connectivity index (χ3n) is 3.72. The molecular formula is C15H28N2O3. The van der Waals surface area contributed by atoms with Crippen molar-refractivity contribution in [3.05, 3.63) is 12.2 Å². The Labute approximate surface area is 122 Å². The molecule has 1 aliphatic carbocycles. The summed E-state index contributed by atoms with van der Waals surface area (Å²) in [7, 11) is 3.42. The van der Waals surface area contributed by atoms with Gasteiger partial charge in [-0.25, -0.2) is 0 Å². The highest BCUT2D eigenvalue weighted by Crippen LogP contribution is 2.24. The zero-order valence-corrected chi connectivity index (χ0v) is 12.8. The van der Waals surface area contributed by atoms with Gasteiger partial charge >= 0.3 is 0 Å². The van der Waals surface area contributed by atoms with Crippen LogP contribution in [-0.4, -0.2) is 62.4 Å². The van der Waals surface area contributed by atoms with Crippen LogP contribution in [-0.2, 0) is 9.53 Å². The zero-order chi connectivity index (χ0) is 15.0. The molecule has 1 aliphatic rings. The molecule has 0 aromatic rings. The Morgan fingerprint density at radius 1 is 1.45 bits per heavy atom. The second-order valence-corrected chi connectivity index (χ2v) is 5.79. The van der Waals surface area contributed by atoms with Crippen molar-refractivity contribution in [3.63, 3.8) is 0 Å². The lowest BCUT2D eigenvalue weighted by molar-refractivity contribution is -0.127. The van der Waals surface area contributed by atoms with E-state index in [0.717, 1.165) is 12.8 Å². The van der Waals surface area contributed by atoms with E-state index in [9.17, 15) is 9.90 Å². The van der Waals surface area contributed by atoms with E-state index in [0.29, 0.717) is 31.6 Å². The molecule has 2 N–H and O–H groups in total. The van der Waals surface area contributed by atoms with E-state index in [1.165, 1.54) is 4.90 Å². The monoisotopic (exact) mass is 284 g/mol. The first-order valence-electron chi connectivity index (χ1n) is 7.32. The summed E-state index contributed by atoms with van der Waals surface area (Å²) in [4.78, 5) is 12.8. The Hall–Kier alpha value is -0.910. The highest BCUT2D eigenvalue weighted by Gasteiger charge is 2.18. The van der Waals surface area contributed by atoms with Gasteiger partial charge in [-0.1, -0.05) is 19.1 Å². The number of hydrogen-bond acceptors (Lipinski definition) is 4. The molecule has 0 aliphatic heterocycles. The summed E-state index contributed by atoms with van der Waals surface area (Å²) in [6.07, 6.45) is 6.04. The van der Waals surface area contributed by atoms with Gasteiger partial charge in [-0.3, -0.25) is 4.79 Å². The summed E-state index contributed by atoms with van der Waals surface area (Å²) >= 11 is 0. The first kappa shape index (κ1) is 17.1. The second-order valence-electron chi connectivity index (χ2n) is 5.79. The van der Waals surface area contributed by atoms with E-state index in [4.69, 9.17) is 4.74 Å². The van der Waals surface area contributed by atoms with Crippen molar-refractivity contribution in [1.29, 1.82) is 0 Å². The van der Waals surface area contributed by atoms with Gasteiger partial charge < -0.3 is 20.1 Å². The maximum Gasteiger partial charge on any atom is 0.236 e. The van der Waals surface area contributed by atoms with Crippen molar-refractivity contribution in [2.24, 2.45) is 11.8 Å². The second kappa shape index (κ2) is 9.10. The van der Waals surface area contributed by atoms with Gasteiger partial charge in [0.25, 0.3) is 0 Å². The molecule has 0 spiro atoms. The Morgan fingerprint density at radius 3 is 2.80 bits per heavy atom. The quantitative estimate of drug-likeness (QED) is 0.642. The normalized spacial score (nSPS) is 23.6. The fraction of sp³-hybridized carbons (Fsp3) is 0.800. The number of likely N-dealkylation sites (N-methyl/N-ethyl adjacent to an activating group) is 1. The molecule has 3 unspecified atom stereocenters. The van der Waals surface area contributed by atoms with Gasteiger partial charge in [0.1, 0.15) is 0 Å². The first-order valence-corrected chi connectivity index (χ1v) is 7.32. The Bertz CT molecular complexity index is 318. The van der Waals surface area contributed by atoms with Crippen LogP contribution in [0.25, 0.3) is 0 Å². The number of carbonyl (C=O) groups excluding carboxylic acids is 1. The van der Waals surface area contributed by atoms with Crippen LogP contribution >= 0.6 is 0 Å². The van der Waals surface area contributed by atoms with Crippen LogP contribution in [0.1, 0.15) is 19.8 Å². The van der Waals surface area contributed by atoms with E-state index >= 15 is 0 Å². The molecule has 20 heavy (non-hydrogen) atoms. The molecule has 116 valence electrons. The molecule has 1 rings (SSSR count). The molecule has 0 fully saturated rings. The van der Waals surface area contributed by atoms with Crippen LogP contribution in [0.3, 0.4) is 0 Å². The first-order chi connectivity index (χ1) is 9.50. The predicted octanol–water partition coefficient (Wildman–Crippen LogP) is 0.644. The molecule has 0 bridgehead atoms. The lowest BCUT2D eigenvalue weighted by atomic mass is 9.85. The third kappa shape index (κ3) is 6.50. The summed E-state index contributed by atoms with van der Waals surface area (Å²) in [5, 5.41) is 12.7. The number of allylic oxidation sites excluding steroid dienone is 2. The fourth-order valence-electron chi connectivity index (χ4n) is 2.16. The summed E-state index contributed by atoms with van der Waals surface area (Å²) in [6.45, 7) is 3.87. The summed E-state index contributed by atoms with van der Waals surface area (Å²) < 4.78 is 5.59. The van der Waals surface area contributed by atoms with Crippen molar-refractivity contribution >= 4 is 5.91 Å². The van der Waals surface area contributed by atoms with Crippen LogP contribution in [0.15, 0.2) is 12.2 Å². The van der Waals surface area contributed by atoms with Crippen LogP contribution in [0, 0.1) is 11.8 Å². The topological polar surface area (TPSA) is 61.8 Å².